The monoisotopic (exact) mass is 391 g/mol. The predicted octanol–water partition coefficient (Wildman–Crippen LogP) is 0.990. The number of hydrogen-bond acceptors (Lipinski definition) is 7. The van der Waals surface area contributed by atoms with E-state index in [4.69, 9.17) is 9.88 Å². The van der Waals surface area contributed by atoms with Gasteiger partial charge in [-0.05, 0) is 38.1 Å². The molecule has 3 N–H and O–H groups in total. The van der Waals surface area contributed by atoms with Crippen LogP contribution in [-0.2, 0) is 14.8 Å². The van der Waals surface area contributed by atoms with E-state index in [-0.39, 0.29) is 22.8 Å². The van der Waals surface area contributed by atoms with Gasteiger partial charge in [-0.1, -0.05) is 0 Å². The van der Waals surface area contributed by atoms with Crippen LogP contribution in [0.4, 0.5) is 11.5 Å². The maximum absolute atomic E-state index is 12.3. The molecule has 2 unspecified atom stereocenters. The zero-order valence-corrected chi connectivity index (χ0v) is 15.8. The van der Waals surface area contributed by atoms with Crippen LogP contribution in [0.25, 0.3) is 0 Å². The summed E-state index contributed by atoms with van der Waals surface area (Å²) in [5, 5.41) is 7.39. The van der Waals surface area contributed by atoms with Gasteiger partial charge in [0.2, 0.25) is 0 Å². The molecule has 1 fully saturated rings. The highest BCUT2D eigenvalue weighted by atomic mass is 32.2. The van der Waals surface area contributed by atoms with Crippen LogP contribution in [0.3, 0.4) is 0 Å². The maximum Gasteiger partial charge on any atom is 0.257 e. The highest BCUT2D eigenvalue weighted by molar-refractivity contribution is 7.89. The van der Waals surface area contributed by atoms with Gasteiger partial charge in [0.15, 0.2) is 5.03 Å². The van der Waals surface area contributed by atoms with Crippen LogP contribution in [-0.4, -0.2) is 49.6 Å². The number of nitrogens with one attached hydrogen (secondary N) is 1. The van der Waals surface area contributed by atoms with Crippen LogP contribution in [0.5, 0.6) is 0 Å². The molecular formula is C17H21N5O4S. The Hall–Kier alpha value is -2.56. The summed E-state index contributed by atoms with van der Waals surface area (Å²) >= 11 is 0. The van der Waals surface area contributed by atoms with Crippen LogP contribution >= 0.6 is 0 Å². The van der Waals surface area contributed by atoms with Gasteiger partial charge < -0.3 is 15.0 Å². The second kappa shape index (κ2) is 7.59. The third-order valence-electron chi connectivity index (χ3n) is 4.04. The van der Waals surface area contributed by atoms with Crippen molar-refractivity contribution in [1.29, 1.82) is 0 Å². The van der Waals surface area contributed by atoms with Crippen LogP contribution in [0, 0.1) is 0 Å². The molecule has 144 valence electrons. The molecule has 1 aliphatic rings. The number of anilines is 2. The Labute approximate surface area is 157 Å². The fourth-order valence-electron chi connectivity index (χ4n) is 2.90. The van der Waals surface area contributed by atoms with E-state index in [1.165, 1.54) is 12.1 Å². The molecule has 2 aromatic rings. The Kier molecular flexibility index (Phi) is 5.40. The lowest BCUT2D eigenvalue weighted by Gasteiger charge is -2.36. The zero-order chi connectivity index (χ0) is 19.6. The molecule has 3 heterocycles. The summed E-state index contributed by atoms with van der Waals surface area (Å²) in [6.07, 6.45) is 2.99. The van der Waals surface area contributed by atoms with Gasteiger partial charge in [-0.2, -0.15) is 0 Å². The smallest absolute Gasteiger partial charge is 0.257 e. The second-order valence-electron chi connectivity index (χ2n) is 6.45. The molecular weight excluding hydrogens is 370 g/mol. The van der Waals surface area contributed by atoms with Gasteiger partial charge in [0, 0.05) is 19.3 Å². The first-order valence-corrected chi connectivity index (χ1v) is 9.93. The highest BCUT2D eigenvalue weighted by Crippen LogP contribution is 2.20. The van der Waals surface area contributed by atoms with Crippen LogP contribution in [0.1, 0.15) is 24.2 Å². The molecule has 1 amide bonds. The number of amides is 1. The van der Waals surface area contributed by atoms with Crippen molar-refractivity contribution in [3.63, 3.8) is 0 Å². The number of hydrogen-bond donors (Lipinski definition) is 2. The zero-order valence-electron chi connectivity index (χ0n) is 15.0. The number of carbonyl (C=O) groups is 1. The molecule has 9 nitrogen and oxygen atoms in total. The van der Waals surface area contributed by atoms with E-state index < -0.39 is 15.9 Å². The molecule has 0 aromatic carbocycles. The van der Waals surface area contributed by atoms with Crippen molar-refractivity contribution in [2.24, 2.45) is 5.14 Å². The quantitative estimate of drug-likeness (QED) is 0.795. The van der Waals surface area contributed by atoms with E-state index in [1.54, 1.807) is 12.3 Å². The van der Waals surface area contributed by atoms with Crippen LogP contribution in [0.15, 0.2) is 41.7 Å². The number of morpholine rings is 1. The van der Waals surface area contributed by atoms with Gasteiger partial charge in [0.05, 0.1) is 29.7 Å². The van der Waals surface area contributed by atoms with E-state index in [2.05, 4.69) is 20.2 Å². The fraction of sp³-hybridized carbons (Fsp3) is 0.353. The minimum absolute atomic E-state index is 0.128. The van der Waals surface area contributed by atoms with Crippen LogP contribution < -0.4 is 15.4 Å². The first-order chi connectivity index (χ1) is 12.7. The molecule has 27 heavy (non-hydrogen) atoms. The maximum atomic E-state index is 12.3. The molecule has 2 atom stereocenters. The minimum atomic E-state index is -3.89. The number of primary sulfonamides is 1. The van der Waals surface area contributed by atoms with E-state index in [9.17, 15) is 13.2 Å². The number of ether oxygens (including phenoxy) is 1. The summed E-state index contributed by atoms with van der Waals surface area (Å²) in [6, 6.07) is 6.13. The summed E-state index contributed by atoms with van der Waals surface area (Å²) in [6.45, 7) is 5.55. The number of aromatic nitrogens is 2. The van der Waals surface area contributed by atoms with Gasteiger partial charge in [-0.3, -0.25) is 4.79 Å². The first kappa shape index (κ1) is 19.2. The molecule has 0 bridgehead atoms. The number of pyridine rings is 2. The predicted molar refractivity (Wildman–Crippen MR) is 100 cm³/mol. The van der Waals surface area contributed by atoms with Crippen molar-refractivity contribution in [2.75, 3.05) is 23.3 Å². The largest absolute Gasteiger partial charge is 0.372 e. The molecule has 0 spiro atoms. The first-order valence-electron chi connectivity index (χ1n) is 8.39. The minimum Gasteiger partial charge on any atom is -0.372 e. The molecule has 0 saturated carbocycles. The van der Waals surface area contributed by atoms with Crippen molar-refractivity contribution in [2.45, 2.75) is 31.1 Å². The van der Waals surface area contributed by atoms with Gasteiger partial charge in [-0.15, -0.1) is 0 Å². The Bertz CT molecular complexity index is 905. The number of nitrogens with two attached hydrogens (primary N) is 1. The second-order valence-corrected chi connectivity index (χ2v) is 7.96. The lowest BCUT2D eigenvalue weighted by Crippen LogP contribution is -2.45. The summed E-state index contributed by atoms with van der Waals surface area (Å²) in [5.74, 6) is 0.390. The molecule has 3 rings (SSSR count). The van der Waals surface area contributed by atoms with Gasteiger partial charge >= 0.3 is 0 Å². The number of rotatable bonds is 4. The summed E-state index contributed by atoms with van der Waals surface area (Å²) in [7, 11) is -3.89. The average Bonchev–Trinajstić information content (AvgIpc) is 2.61. The number of nitrogens with zero attached hydrogens (tertiary/aromatic N) is 3. The average molecular weight is 391 g/mol. The number of sulfonamides is 1. The SMILES string of the molecule is CC1CN(c2ccc(NC(=O)c3ccc(S(N)(=O)=O)nc3)cn2)CC(C)O1. The normalized spacial score (nSPS) is 20.3. The lowest BCUT2D eigenvalue weighted by atomic mass is 10.2. The van der Waals surface area contributed by atoms with Crippen molar-refractivity contribution < 1.29 is 17.9 Å². The Morgan fingerprint density at radius 3 is 2.37 bits per heavy atom. The third kappa shape index (κ3) is 4.79. The molecule has 10 heteroatoms. The highest BCUT2D eigenvalue weighted by Gasteiger charge is 2.23. The van der Waals surface area contributed by atoms with E-state index >= 15 is 0 Å². The Morgan fingerprint density at radius 1 is 1.15 bits per heavy atom. The van der Waals surface area contributed by atoms with Gasteiger partial charge in [0.1, 0.15) is 5.82 Å². The summed E-state index contributed by atoms with van der Waals surface area (Å²) < 4.78 is 28.1. The van der Waals surface area contributed by atoms with Gasteiger partial charge in [0.25, 0.3) is 15.9 Å². The van der Waals surface area contributed by atoms with Gasteiger partial charge in [-0.25, -0.2) is 23.5 Å². The molecule has 0 radical (unpaired) electrons. The standard InChI is InChI=1S/C17H21N5O4S/c1-11-9-22(10-12(2)26-11)15-5-4-14(8-19-15)21-17(23)13-3-6-16(20-7-13)27(18,24)25/h3-8,11-12H,9-10H2,1-2H3,(H,21,23)(H2,18,24,25). The van der Waals surface area contributed by atoms with E-state index in [0.29, 0.717) is 5.69 Å². The van der Waals surface area contributed by atoms with Crippen molar-refractivity contribution in [3.8, 4) is 0 Å². The lowest BCUT2D eigenvalue weighted by molar-refractivity contribution is -0.00545. The molecule has 2 aromatic heterocycles. The van der Waals surface area contributed by atoms with E-state index in [0.717, 1.165) is 25.1 Å². The van der Waals surface area contributed by atoms with Crippen molar-refractivity contribution >= 4 is 27.4 Å². The van der Waals surface area contributed by atoms with Crippen LogP contribution in [0.2, 0.25) is 0 Å². The summed E-state index contributed by atoms with van der Waals surface area (Å²) in [5.41, 5.74) is 0.732. The number of carbonyl (C=O) groups excluding carboxylic acids is 1. The molecule has 0 aliphatic carbocycles. The topological polar surface area (TPSA) is 128 Å². The third-order valence-corrected chi connectivity index (χ3v) is 4.86. The Balaban J connectivity index is 1.66. The van der Waals surface area contributed by atoms with E-state index in [1.807, 2.05) is 19.9 Å². The van der Waals surface area contributed by atoms with Crippen molar-refractivity contribution in [1.82, 2.24) is 9.97 Å². The fourth-order valence-corrected chi connectivity index (χ4v) is 3.36. The Morgan fingerprint density at radius 2 is 1.85 bits per heavy atom. The molecule has 1 saturated heterocycles. The summed E-state index contributed by atoms with van der Waals surface area (Å²) in [4.78, 5) is 22.5. The molecule has 1 aliphatic heterocycles. The van der Waals surface area contributed by atoms with Crippen molar-refractivity contribution in [3.05, 3.63) is 42.2 Å².